The number of hydrogen-bond donors (Lipinski definition) is 1. The molecule has 1 saturated heterocycles. The van der Waals surface area contributed by atoms with E-state index < -0.39 is 11.0 Å². The minimum absolute atomic E-state index is 0.160. The molecule has 1 rings (SSSR count). The lowest BCUT2D eigenvalue weighted by Gasteiger charge is -2.44. The minimum Gasteiger partial charge on any atom is -0.342 e. The van der Waals surface area contributed by atoms with Gasteiger partial charge in [0.15, 0.2) is 0 Å². The van der Waals surface area contributed by atoms with Crippen LogP contribution in [0.5, 0.6) is 0 Å². The number of carbonyl (C=O) groups is 1. The molecule has 1 aliphatic rings. The van der Waals surface area contributed by atoms with Gasteiger partial charge in [0.25, 0.3) is 0 Å². The molecule has 118 valence electrons. The topological polar surface area (TPSA) is 49.6 Å². The van der Waals surface area contributed by atoms with E-state index in [1.165, 1.54) is 0 Å². The van der Waals surface area contributed by atoms with Gasteiger partial charge in [-0.05, 0) is 54.4 Å². The highest BCUT2D eigenvalue weighted by Crippen LogP contribution is 2.32. The van der Waals surface area contributed by atoms with Crippen molar-refractivity contribution in [1.29, 1.82) is 0 Å². The van der Waals surface area contributed by atoms with Gasteiger partial charge in [-0.1, -0.05) is 0 Å². The number of carbonyl (C=O) groups excluding carboxylic acids is 1. The summed E-state index contributed by atoms with van der Waals surface area (Å²) in [5.41, 5.74) is 5.13. The van der Waals surface area contributed by atoms with Crippen LogP contribution in [0.1, 0.15) is 54.4 Å². The normalized spacial score (nSPS) is 19.4. The monoisotopic (exact) mass is 283 g/mol. The molecular formula is C16H33N3O. The molecule has 20 heavy (non-hydrogen) atoms. The molecule has 0 unspecified atom stereocenters. The number of hydrogen-bond acceptors (Lipinski definition) is 3. The van der Waals surface area contributed by atoms with E-state index in [0.717, 1.165) is 25.9 Å². The lowest BCUT2D eigenvalue weighted by Crippen LogP contribution is -2.58. The van der Waals surface area contributed by atoms with Gasteiger partial charge in [0.05, 0.1) is 5.41 Å². The van der Waals surface area contributed by atoms with Crippen molar-refractivity contribution in [2.45, 2.75) is 72.0 Å². The zero-order valence-corrected chi connectivity index (χ0v) is 14.4. The average molecular weight is 283 g/mol. The zero-order valence-electron chi connectivity index (χ0n) is 14.4. The van der Waals surface area contributed by atoms with Gasteiger partial charge in [-0.2, -0.15) is 0 Å². The van der Waals surface area contributed by atoms with E-state index in [1.807, 2.05) is 39.6 Å². The first-order valence-corrected chi connectivity index (χ1v) is 7.78. The molecule has 1 aliphatic heterocycles. The smallest absolute Gasteiger partial charge is 0.230 e. The minimum atomic E-state index is -0.545. The van der Waals surface area contributed by atoms with E-state index in [1.54, 1.807) is 0 Å². The molecule has 0 bridgehead atoms. The Morgan fingerprint density at radius 2 is 1.65 bits per heavy atom. The van der Waals surface area contributed by atoms with Gasteiger partial charge in [0.2, 0.25) is 5.91 Å². The van der Waals surface area contributed by atoms with Crippen molar-refractivity contribution in [2.24, 2.45) is 11.1 Å². The first kappa shape index (κ1) is 17.4. The number of nitrogens with two attached hydrogens (primary N) is 1. The lowest BCUT2D eigenvalue weighted by molar-refractivity contribution is -0.145. The molecule has 1 amide bonds. The fraction of sp³-hybridized carbons (Fsp3) is 0.938. The number of amides is 1. The first-order valence-electron chi connectivity index (χ1n) is 7.78. The van der Waals surface area contributed by atoms with Crippen molar-refractivity contribution < 1.29 is 4.79 Å². The van der Waals surface area contributed by atoms with Crippen LogP contribution in [0.2, 0.25) is 0 Å². The van der Waals surface area contributed by atoms with E-state index in [-0.39, 0.29) is 5.91 Å². The molecule has 0 atom stereocenters. The van der Waals surface area contributed by atoms with Crippen LogP contribution in [0.4, 0.5) is 0 Å². The maximum atomic E-state index is 12.8. The summed E-state index contributed by atoms with van der Waals surface area (Å²) in [6, 6.07) is 0.940. The number of nitrogens with zero attached hydrogens (tertiary/aromatic N) is 2. The Hall–Kier alpha value is -0.610. The molecule has 1 fully saturated rings. The fourth-order valence-corrected chi connectivity index (χ4v) is 2.67. The van der Waals surface area contributed by atoms with Crippen LogP contribution in [0, 0.1) is 5.41 Å². The standard InChI is InChI=1S/C16H33N3O/c1-12(2)19-10-8-13(9-11-19)18(7)14(20)15(3,4)16(5,6)17/h12-13H,8-11,17H2,1-7H3. The quantitative estimate of drug-likeness (QED) is 0.859. The summed E-state index contributed by atoms with van der Waals surface area (Å²) < 4.78 is 0. The van der Waals surface area contributed by atoms with Gasteiger partial charge in [-0.3, -0.25) is 4.79 Å². The molecule has 0 aromatic carbocycles. The molecular weight excluding hydrogens is 250 g/mol. The van der Waals surface area contributed by atoms with Gasteiger partial charge in [0.1, 0.15) is 0 Å². The summed E-state index contributed by atoms with van der Waals surface area (Å²) in [6.07, 6.45) is 2.11. The second-order valence-corrected chi connectivity index (χ2v) is 7.62. The van der Waals surface area contributed by atoms with Crippen molar-refractivity contribution in [1.82, 2.24) is 9.80 Å². The van der Waals surface area contributed by atoms with Crippen LogP contribution in [-0.2, 0) is 4.79 Å². The SMILES string of the molecule is CC(C)N1CCC(N(C)C(=O)C(C)(C)C(C)(C)N)CC1. The van der Waals surface area contributed by atoms with Gasteiger partial charge in [-0.15, -0.1) is 0 Å². The summed E-state index contributed by atoms with van der Waals surface area (Å²) in [5.74, 6) is 0.160. The molecule has 0 aromatic heterocycles. The summed E-state index contributed by atoms with van der Waals surface area (Å²) in [5, 5.41) is 0. The van der Waals surface area contributed by atoms with Crippen molar-refractivity contribution >= 4 is 5.91 Å². The molecule has 0 radical (unpaired) electrons. The third kappa shape index (κ3) is 3.53. The third-order valence-electron chi connectivity index (χ3n) is 5.24. The molecule has 2 N–H and O–H groups in total. The summed E-state index contributed by atoms with van der Waals surface area (Å²) in [6.45, 7) is 14.4. The predicted molar refractivity (Wildman–Crippen MR) is 84.5 cm³/mol. The summed E-state index contributed by atoms with van der Waals surface area (Å²) in [4.78, 5) is 17.2. The molecule has 0 aliphatic carbocycles. The maximum absolute atomic E-state index is 12.8. The molecule has 4 nitrogen and oxygen atoms in total. The summed E-state index contributed by atoms with van der Waals surface area (Å²) in [7, 11) is 1.94. The Balaban J connectivity index is 2.68. The highest BCUT2D eigenvalue weighted by Gasteiger charge is 2.43. The van der Waals surface area contributed by atoms with Crippen LogP contribution in [-0.4, -0.2) is 53.5 Å². The van der Waals surface area contributed by atoms with Gasteiger partial charge in [-0.25, -0.2) is 0 Å². The second kappa shape index (κ2) is 6.02. The van der Waals surface area contributed by atoms with Gasteiger partial charge in [0, 0.05) is 37.8 Å². The molecule has 4 heteroatoms. The highest BCUT2D eigenvalue weighted by atomic mass is 16.2. The van der Waals surface area contributed by atoms with Crippen LogP contribution >= 0.6 is 0 Å². The molecule has 0 saturated carbocycles. The van der Waals surface area contributed by atoms with Gasteiger partial charge < -0.3 is 15.5 Å². The van der Waals surface area contributed by atoms with E-state index >= 15 is 0 Å². The predicted octanol–water partition coefficient (Wildman–Crippen LogP) is 2.08. The summed E-state index contributed by atoms with van der Waals surface area (Å²) >= 11 is 0. The number of piperidine rings is 1. The molecule has 1 heterocycles. The van der Waals surface area contributed by atoms with Crippen LogP contribution in [0.25, 0.3) is 0 Å². The Morgan fingerprint density at radius 1 is 1.20 bits per heavy atom. The van der Waals surface area contributed by atoms with Crippen LogP contribution in [0.3, 0.4) is 0 Å². The third-order valence-corrected chi connectivity index (χ3v) is 5.24. The molecule has 0 aromatic rings. The Bertz CT molecular complexity index is 336. The van der Waals surface area contributed by atoms with Crippen molar-refractivity contribution in [3.63, 3.8) is 0 Å². The average Bonchev–Trinajstić information content (AvgIpc) is 2.35. The van der Waals surface area contributed by atoms with E-state index in [4.69, 9.17) is 5.73 Å². The fourth-order valence-electron chi connectivity index (χ4n) is 2.67. The maximum Gasteiger partial charge on any atom is 0.230 e. The lowest BCUT2D eigenvalue weighted by atomic mass is 9.74. The van der Waals surface area contributed by atoms with Crippen molar-refractivity contribution in [3.8, 4) is 0 Å². The van der Waals surface area contributed by atoms with E-state index in [2.05, 4.69) is 18.7 Å². The Morgan fingerprint density at radius 3 is 2.00 bits per heavy atom. The second-order valence-electron chi connectivity index (χ2n) is 7.62. The Labute approximate surface area is 124 Å². The van der Waals surface area contributed by atoms with Gasteiger partial charge >= 0.3 is 0 Å². The molecule has 0 spiro atoms. The first-order chi connectivity index (χ1) is 8.98. The van der Waals surface area contributed by atoms with Crippen LogP contribution in [0.15, 0.2) is 0 Å². The van der Waals surface area contributed by atoms with Crippen molar-refractivity contribution in [3.05, 3.63) is 0 Å². The van der Waals surface area contributed by atoms with Crippen LogP contribution < -0.4 is 5.73 Å². The number of rotatable bonds is 4. The number of likely N-dealkylation sites (tertiary alicyclic amines) is 1. The zero-order chi connectivity index (χ0) is 15.7. The van der Waals surface area contributed by atoms with E-state index in [0.29, 0.717) is 12.1 Å². The van der Waals surface area contributed by atoms with E-state index in [9.17, 15) is 4.79 Å². The highest BCUT2D eigenvalue weighted by molar-refractivity contribution is 5.83. The Kier molecular flexibility index (Phi) is 5.25. The van der Waals surface area contributed by atoms with Crippen molar-refractivity contribution in [2.75, 3.05) is 20.1 Å². The largest absolute Gasteiger partial charge is 0.342 e.